The van der Waals surface area contributed by atoms with Crippen molar-refractivity contribution in [3.63, 3.8) is 0 Å². The van der Waals surface area contributed by atoms with Gasteiger partial charge in [-0.1, -0.05) is 60.7 Å². The van der Waals surface area contributed by atoms with Crippen LogP contribution in [0.25, 0.3) is 33.3 Å². The topological polar surface area (TPSA) is 63.1 Å². The molecule has 1 fully saturated rings. The number of fused-ring (bicyclic) bond motifs is 3. The van der Waals surface area contributed by atoms with Gasteiger partial charge in [-0.3, -0.25) is 0 Å². The summed E-state index contributed by atoms with van der Waals surface area (Å²) in [4.78, 5) is 22.7. The molecule has 182 valence electrons. The van der Waals surface area contributed by atoms with Crippen LogP contribution < -0.4 is 0 Å². The van der Waals surface area contributed by atoms with Gasteiger partial charge in [-0.15, -0.1) is 0 Å². The molecule has 7 heteroatoms. The predicted molar refractivity (Wildman–Crippen MR) is 143 cm³/mol. The third-order valence-corrected chi connectivity index (χ3v) is 6.97. The number of nitrogens with one attached hydrogen (secondary N) is 1. The van der Waals surface area contributed by atoms with Gasteiger partial charge < -0.3 is 19.2 Å². The largest absolute Gasteiger partial charge is 0.444 e. The van der Waals surface area contributed by atoms with Gasteiger partial charge in [-0.25, -0.2) is 9.78 Å². The van der Waals surface area contributed by atoms with E-state index in [1.807, 2.05) is 49.9 Å². The van der Waals surface area contributed by atoms with Crippen LogP contribution in [0.5, 0.6) is 0 Å². The van der Waals surface area contributed by atoms with Crippen LogP contribution in [0.3, 0.4) is 0 Å². The van der Waals surface area contributed by atoms with E-state index in [0.717, 1.165) is 72.2 Å². The average Bonchev–Trinajstić information content (AvgIpc) is 3.23. The Balaban J connectivity index is 1.42. The van der Waals surface area contributed by atoms with Crippen molar-refractivity contribution >= 4 is 40.2 Å². The zero-order valence-electron chi connectivity index (χ0n) is 20.6. The van der Waals surface area contributed by atoms with Gasteiger partial charge in [-0.05, 0) is 52.0 Å². The highest BCUT2D eigenvalue weighted by Crippen LogP contribution is 2.32. The van der Waals surface area contributed by atoms with E-state index in [0.29, 0.717) is 10.6 Å². The van der Waals surface area contributed by atoms with E-state index in [4.69, 9.17) is 21.9 Å². The van der Waals surface area contributed by atoms with Gasteiger partial charge in [-0.2, -0.15) is 0 Å². The SMILES string of the molecule is CC(C)(C)OC(=O)N1CCC(CCn2c(-c3ccccc3)nc3c(=S)[nH]c4ccccc4c32)CC1. The molecule has 0 atom stereocenters. The molecule has 1 N–H and O–H groups in total. The maximum Gasteiger partial charge on any atom is 0.410 e. The second kappa shape index (κ2) is 9.46. The number of carbonyl (C=O) groups is 1. The lowest BCUT2D eigenvalue weighted by Gasteiger charge is -2.33. The fourth-order valence-electron chi connectivity index (χ4n) is 4.93. The van der Waals surface area contributed by atoms with Crippen LogP contribution in [0.1, 0.15) is 40.0 Å². The number of ether oxygens (including phenoxy) is 1. The Morgan fingerprint density at radius 1 is 1.09 bits per heavy atom. The van der Waals surface area contributed by atoms with Gasteiger partial charge in [0, 0.05) is 36.1 Å². The van der Waals surface area contributed by atoms with E-state index in [-0.39, 0.29) is 6.09 Å². The summed E-state index contributed by atoms with van der Waals surface area (Å²) in [5, 5.41) is 1.13. The van der Waals surface area contributed by atoms with Crippen molar-refractivity contribution < 1.29 is 9.53 Å². The Kier molecular flexibility index (Phi) is 6.36. The Bertz CT molecular complexity index is 1410. The molecule has 5 rings (SSSR count). The summed E-state index contributed by atoms with van der Waals surface area (Å²) < 4.78 is 8.57. The first kappa shape index (κ1) is 23.5. The Morgan fingerprint density at radius 3 is 2.49 bits per heavy atom. The van der Waals surface area contributed by atoms with Crippen molar-refractivity contribution in [2.24, 2.45) is 5.92 Å². The minimum atomic E-state index is -0.464. The van der Waals surface area contributed by atoms with Gasteiger partial charge >= 0.3 is 6.09 Å². The highest BCUT2D eigenvalue weighted by molar-refractivity contribution is 7.71. The van der Waals surface area contributed by atoms with E-state index in [9.17, 15) is 4.79 Å². The summed E-state index contributed by atoms with van der Waals surface area (Å²) in [6.07, 6.45) is 2.78. The smallest absolute Gasteiger partial charge is 0.410 e. The number of aromatic amines is 1. The number of para-hydroxylation sites is 1. The third kappa shape index (κ3) is 4.96. The maximum atomic E-state index is 12.4. The van der Waals surface area contributed by atoms with Crippen LogP contribution in [0.2, 0.25) is 0 Å². The quantitative estimate of drug-likeness (QED) is 0.316. The molecule has 35 heavy (non-hydrogen) atoms. The van der Waals surface area contributed by atoms with Crippen LogP contribution in [0.4, 0.5) is 4.79 Å². The van der Waals surface area contributed by atoms with Gasteiger partial charge in [0.15, 0.2) is 0 Å². The number of nitrogens with zero attached hydrogens (tertiary/aromatic N) is 3. The summed E-state index contributed by atoms with van der Waals surface area (Å²) in [5.41, 5.74) is 3.58. The van der Waals surface area contributed by atoms with E-state index in [1.54, 1.807) is 0 Å². The number of imidazole rings is 1. The predicted octanol–water partition coefficient (Wildman–Crippen LogP) is 6.95. The summed E-state index contributed by atoms with van der Waals surface area (Å²) >= 11 is 5.71. The minimum absolute atomic E-state index is 0.205. The van der Waals surface area contributed by atoms with E-state index in [1.165, 1.54) is 0 Å². The number of aromatic nitrogens is 3. The number of piperidine rings is 1. The summed E-state index contributed by atoms with van der Waals surface area (Å²) in [7, 11) is 0. The molecular formula is C28H32N4O2S. The first-order valence-electron chi connectivity index (χ1n) is 12.3. The summed E-state index contributed by atoms with van der Waals surface area (Å²) in [6.45, 7) is 8.06. The average molecular weight is 489 g/mol. The fraction of sp³-hybridized carbons (Fsp3) is 0.393. The van der Waals surface area contributed by atoms with Gasteiger partial charge in [0.05, 0.1) is 5.52 Å². The van der Waals surface area contributed by atoms with Crippen LogP contribution in [0, 0.1) is 10.6 Å². The highest BCUT2D eigenvalue weighted by Gasteiger charge is 2.27. The maximum absolute atomic E-state index is 12.4. The second-order valence-corrected chi connectivity index (χ2v) is 10.8. The number of likely N-dealkylation sites (tertiary alicyclic amines) is 1. The van der Waals surface area contributed by atoms with Gasteiger partial charge in [0.25, 0.3) is 0 Å². The molecule has 3 heterocycles. The zero-order chi connectivity index (χ0) is 24.6. The lowest BCUT2D eigenvalue weighted by Crippen LogP contribution is -2.41. The van der Waals surface area contributed by atoms with E-state index in [2.05, 4.69) is 39.9 Å². The fourth-order valence-corrected chi connectivity index (χ4v) is 5.18. The molecule has 2 aromatic heterocycles. The first-order valence-corrected chi connectivity index (χ1v) is 12.8. The molecule has 1 aliphatic heterocycles. The molecule has 0 unspecified atom stereocenters. The van der Waals surface area contributed by atoms with Crippen molar-refractivity contribution in [2.45, 2.75) is 52.2 Å². The highest BCUT2D eigenvalue weighted by atomic mass is 32.1. The molecule has 4 aromatic rings. The number of rotatable bonds is 4. The molecule has 0 spiro atoms. The van der Waals surface area contributed by atoms with Crippen LogP contribution in [-0.4, -0.2) is 44.2 Å². The number of carbonyl (C=O) groups excluding carboxylic acids is 1. The number of pyridine rings is 1. The van der Waals surface area contributed by atoms with Crippen LogP contribution in [0.15, 0.2) is 54.6 Å². The van der Waals surface area contributed by atoms with E-state index >= 15 is 0 Å². The number of hydrogen-bond donors (Lipinski definition) is 1. The lowest BCUT2D eigenvalue weighted by molar-refractivity contribution is 0.0180. The van der Waals surface area contributed by atoms with Crippen molar-refractivity contribution in [2.75, 3.05) is 13.1 Å². The Labute approximate surface area is 210 Å². The molecule has 0 aliphatic carbocycles. The number of hydrogen-bond acceptors (Lipinski definition) is 4. The minimum Gasteiger partial charge on any atom is -0.444 e. The number of amides is 1. The van der Waals surface area contributed by atoms with Crippen molar-refractivity contribution in [3.05, 3.63) is 59.2 Å². The van der Waals surface area contributed by atoms with Crippen molar-refractivity contribution in [3.8, 4) is 11.4 Å². The molecule has 2 aromatic carbocycles. The molecule has 6 nitrogen and oxygen atoms in total. The molecule has 0 bridgehead atoms. The molecule has 1 amide bonds. The lowest BCUT2D eigenvalue weighted by atomic mass is 9.93. The van der Waals surface area contributed by atoms with Crippen molar-refractivity contribution in [1.82, 2.24) is 19.4 Å². The van der Waals surface area contributed by atoms with Crippen molar-refractivity contribution in [1.29, 1.82) is 0 Å². The standard InChI is InChI=1S/C28H32N4O2S/c1-28(2,3)34-27(33)31-16-13-19(14-17-31)15-18-32-24-21-11-7-8-12-22(21)29-26(35)23(24)30-25(32)20-9-5-4-6-10-20/h4-12,19H,13-18H2,1-3H3,(H,29,35). The molecule has 0 saturated carbocycles. The van der Waals surface area contributed by atoms with Crippen LogP contribution >= 0.6 is 12.2 Å². The molecular weight excluding hydrogens is 456 g/mol. The molecule has 0 radical (unpaired) electrons. The van der Waals surface area contributed by atoms with Crippen LogP contribution in [-0.2, 0) is 11.3 Å². The summed E-state index contributed by atoms with van der Waals surface area (Å²) in [5.74, 6) is 1.49. The number of benzene rings is 2. The third-order valence-electron chi connectivity index (χ3n) is 6.67. The molecule has 1 saturated heterocycles. The first-order chi connectivity index (χ1) is 16.8. The monoisotopic (exact) mass is 488 g/mol. The number of H-pyrrole nitrogens is 1. The zero-order valence-corrected chi connectivity index (χ0v) is 21.4. The second-order valence-electron chi connectivity index (χ2n) is 10.3. The Morgan fingerprint density at radius 2 is 1.77 bits per heavy atom. The molecule has 1 aliphatic rings. The van der Waals surface area contributed by atoms with Gasteiger partial charge in [0.1, 0.15) is 21.6 Å². The summed E-state index contributed by atoms with van der Waals surface area (Å²) in [6, 6.07) is 18.6. The number of aryl methyl sites for hydroxylation is 1. The van der Waals surface area contributed by atoms with Gasteiger partial charge in [0.2, 0.25) is 0 Å². The van der Waals surface area contributed by atoms with E-state index < -0.39 is 5.60 Å². The Hall–Kier alpha value is -3.19. The normalized spacial score (nSPS) is 15.1.